The Kier molecular flexibility index (Phi) is 4.37. The van der Waals surface area contributed by atoms with E-state index in [9.17, 15) is 0 Å². The van der Waals surface area contributed by atoms with E-state index in [4.69, 9.17) is 14.8 Å². The fraction of sp³-hybridized carbons (Fsp3) is 0.462. The van der Waals surface area contributed by atoms with E-state index in [1.807, 2.05) is 5.06 Å². The molecule has 0 saturated carbocycles. The zero-order valence-corrected chi connectivity index (χ0v) is 9.76. The molecule has 90 valence electrons. The molecule has 4 heteroatoms. The summed E-state index contributed by atoms with van der Waals surface area (Å²) in [5, 5.41) is 10.6. The van der Waals surface area contributed by atoms with Crippen LogP contribution in [0.15, 0.2) is 24.3 Å². The summed E-state index contributed by atoms with van der Waals surface area (Å²) in [4.78, 5) is 5.49. The summed E-state index contributed by atoms with van der Waals surface area (Å²) < 4.78 is 5.43. The van der Waals surface area contributed by atoms with Gasteiger partial charge in [-0.2, -0.15) is 10.3 Å². The zero-order chi connectivity index (χ0) is 11.9. The molecule has 1 aromatic rings. The number of hydroxylamine groups is 2. The first kappa shape index (κ1) is 11.9. The second-order valence-corrected chi connectivity index (χ2v) is 4.02. The standard InChI is InChI=1S/C13H16N2O2/c14-10-12-4-6-13(7-5-12)16-11-17-15-8-2-1-3-9-15/h4-7H,1-3,8-9,11H2. The lowest BCUT2D eigenvalue weighted by molar-refractivity contribution is -0.208. The van der Waals surface area contributed by atoms with Crippen molar-refractivity contribution in [3.05, 3.63) is 29.8 Å². The molecule has 0 bridgehead atoms. The van der Waals surface area contributed by atoms with Gasteiger partial charge in [0.1, 0.15) is 5.75 Å². The van der Waals surface area contributed by atoms with Crippen molar-refractivity contribution in [1.29, 1.82) is 5.26 Å². The first-order valence-corrected chi connectivity index (χ1v) is 5.89. The van der Waals surface area contributed by atoms with Gasteiger partial charge in [0.2, 0.25) is 6.79 Å². The molecule has 1 fully saturated rings. The number of benzene rings is 1. The normalized spacial score (nSPS) is 16.4. The van der Waals surface area contributed by atoms with Gasteiger partial charge in [-0.25, -0.2) is 0 Å². The van der Waals surface area contributed by atoms with Crippen LogP contribution in [0.25, 0.3) is 0 Å². The van der Waals surface area contributed by atoms with Gasteiger partial charge in [-0.1, -0.05) is 6.42 Å². The first-order chi connectivity index (χ1) is 8.38. The highest BCUT2D eigenvalue weighted by Gasteiger charge is 2.10. The van der Waals surface area contributed by atoms with E-state index in [1.54, 1.807) is 24.3 Å². The van der Waals surface area contributed by atoms with Crippen molar-refractivity contribution in [3.63, 3.8) is 0 Å². The maximum atomic E-state index is 8.65. The molecule has 2 rings (SSSR count). The molecule has 0 atom stereocenters. The van der Waals surface area contributed by atoms with Gasteiger partial charge in [0.05, 0.1) is 11.6 Å². The van der Waals surface area contributed by atoms with Crippen molar-refractivity contribution in [3.8, 4) is 11.8 Å². The first-order valence-electron chi connectivity index (χ1n) is 5.89. The van der Waals surface area contributed by atoms with Crippen LogP contribution in [-0.4, -0.2) is 24.9 Å². The fourth-order valence-electron chi connectivity index (χ4n) is 1.79. The summed E-state index contributed by atoms with van der Waals surface area (Å²) in [7, 11) is 0. The molecule has 17 heavy (non-hydrogen) atoms. The van der Waals surface area contributed by atoms with Crippen molar-refractivity contribution in [1.82, 2.24) is 5.06 Å². The largest absolute Gasteiger partial charge is 0.466 e. The molecule has 0 unspecified atom stereocenters. The van der Waals surface area contributed by atoms with Crippen molar-refractivity contribution in [2.24, 2.45) is 0 Å². The average molecular weight is 232 g/mol. The predicted molar refractivity (Wildman–Crippen MR) is 63.2 cm³/mol. The summed E-state index contributed by atoms with van der Waals surface area (Å²) in [6.45, 7) is 2.19. The van der Waals surface area contributed by atoms with E-state index in [0.717, 1.165) is 18.8 Å². The van der Waals surface area contributed by atoms with Gasteiger partial charge in [0.15, 0.2) is 0 Å². The van der Waals surface area contributed by atoms with Crippen molar-refractivity contribution < 1.29 is 9.57 Å². The quantitative estimate of drug-likeness (QED) is 0.747. The zero-order valence-electron chi connectivity index (χ0n) is 9.76. The summed E-state index contributed by atoms with van der Waals surface area (Å²) in [6, 6.07) is 9.08. The Labute approximate surface area is 101 Å². The van der Waals surface area contributed by atoms with E-state index < -0.39 is 0 Å². The summed E-state index contributed by atoms with van der Waals surface area (Å²) in [5.74, 6) is 0.723. The summed E-state index contributed by atoms with van der Waals surface area (Å²) in [5.41, 5.74) is 0.634. The molecule has 0 N–H and O–H groups in total. The number of hydrogen-bond donors (Lipinski definition) is 0. The van der Waals surface area contributed by atoms with Crippen LogP contribution in [0.3, 0.4) is 0 Å². The second-order valence-electron chi connectivity index (χ2n) is 4.02. The third-order valence-electron chi connectivity index (χ3n) is 2.76. The minimum atomic E-state index is 0.228. The van der Waals surface area contributed by atoms with Crippen LogP contribution in [-0.2, 0) is 4.84 Å². The van der Waals surface area contributed by atoms with Gasteiger partial charge in [-0.05, 0) is 37.1 Å². The Hall–Kier alpha value is -1.57. The molecule has 0 aliphatic carbocycles. The molecule has 1 aromatic carbocycles. The number of hydrogen-bond acceptors (Lipinski definition) is 4. The minimum Gasteiger partial charge on any atom is -0.466 e. The van der Waals surface area contributed by atoms with Gasteiger partial charge in [0.25, 0.3) is 0 Å². The maximum absolute atomic E-state index is 8.65. The van der Waals surface area contributed by atoms with Crippen LogP contribution in [0.5, 0.6) is 5.75 Å². The van der Waals surface area contributed by atoms with Crippen LogP contribution in [0.2, 0.25) is 0 Å². The lowest BCUT2D eigenvalue weighted by atomic mass is 10.2. The highest BCUT2D eigenvalue weighted by atomic mass is 16.8. The molecule has 0 amide bonds. The van der Waals surface area contributed by atoms with Crippen molar-refractivity contribution in [2.75, 3.05) is 19.9 Å². The molecular weight excluding hydrogens is 216 g/mol. The Morgan fingerprint density at radius 1 is 1.12 bits per heavy atom. The van der Waals surface area contributed by atoms with E-state index in [2.05, 4.69) is 6.07 Å². The lowest BCUT2D eigenvalue weighted by Gasteiger charge is -2.25. The van der Waals surface area contributed by atoms with Gasteiger partial charge < -0.3 is 4.74 Å². The molecule has 1 saturated heterocycles. The number of rotatable bonds is 4. The summed E-state index contributed by atoms with van der Waals surface area (Å²) >= 11 is 0. The molecule has 1 aliphatic heterocycles. The van der Waals surface area contributed by atoms with Crippen LogP contribution in [0, 0.1) is 11.3 Å². The molecule has 0 aromatic heterocycles. The Bertz CT molecular complexity index is 377. The highest BCUT2D eigenvalue weighted by molar-refractivity contribution is 5.34. The van der Waals surface area contributed by atoms with E-state index in [0.29, 0.717) is 5.56 Å². The molecule has 4 nitrogen and oxygen atoms in total. The number of nitrogens with zero attached hydrogens (tertiary/aromatic N) is 2. The maximum Gasteiger partial charge on any atom is 0.207 e. The van der Waals surface area contributed by atoms with Gasteiger partial charge in [0, 0.05) is 13.1 Å². The van der Waals surface area contributed by atoms with Gasteiger partial charge >= 0.3 is 0 Å². The monoisotopic (exact) mass is 232 g/mol. The van der Waals surface area contributed by atoms with E-state index in [-0.39, 0.29) is 6.79 Å². The fourth-order valence-corrected chi connectivity index (χ4v) is 1.79. The predicted octanol–water partition coefficient (Wildman–Crippen LogP) is 2.31. The van der Waals surface area contributed by atoms with Crippen LogP contribution < -0.4 is 4.74 Å². The Morgan fingerprint density at radius 3 is 2.47 bits per heavy atom. The molecule has 1 aliphatic rings. The van der Waals surface area contributed by atoms with Crippen LogP contribution >= 0.6 is 0 Å². The topological polar surface area (TPSA) is 45.5 Å². The molecule has 0 spiro atoms. The SMILES string of the molecule is N#Cc1ccc(OCON2CCCCC2)cc1. The van der Waals surface area contributed by atoms with E-state index in [1.165, 1.54) is 19.3 Å². The number of nitriles is 1. The van der Waals surface area contributed by atoms with Crippen molar-refractivity contribution in [2.45, 2.75) is 19.3 Å². The third kappa shape index (κ3) is 3.74. The smallest absolute Gasteiger partial charge is 0.207 e. The number of ether oxygens (including phenoxy) is 1. The highest BCUT2D eigenvalue weighted by Crippen LogP contribution is 2.13. The van der Waals surface area contributed by atoms with E-state index >= 15 is 0 Å². The summed E-state index contributed by atoms with van der Waals surface area (Å²) in [6.07, 6.45) is 3.67. The third-order valence-corrected chi connectivity index (χ3v) is 2.76. The van der Waals surface area contributed by atoms with Crippen molar-refractivity contribution >= 4 is 0 Å². The number of piperidine rings is 1. The Morgan fingerprint density at radius 2 is 1.82 bits per heavy atom. The van der Waals surface area contributed by atoms with Gasteiger partial charge in [-0.3, -0.25) is 4.84 Å². The Balaban J connectivity index is 1.72. The molecule has 1 heterocycles. The lowest BCUT2D eigenvalue weighted by Crippen LogP contribution is -2.31. The minimum absolute atomic E-state index is 0.228. The molecular formula is C13H16N2O2. The second kappa shape index (κ2) is 6.24. The molecule has 0 radical (unpaired) electrons. The van der Waals surface area contributed by atoms with Crippen LogP contribution in [0.4, 0.5) is 0 Å². The average Bonchev–Trinajstić information content (AvgIpc) is 2.41. The van der Waals surface area contributed by atoms with Crippen LogP contribution in [0.1, 0.15) is 24.8 Å². The van der Waals surface area contributed by atoms with Gasteiger partial charge in [-0.15, -0.1) is 0 Å².